The van der Waals surface area contributed by atoms with E-state index in [1.807, 2.05) is 19.9 Å². The van der Waals surface area contributed by atoms with Crippen LogP contribution in [0.3, 0.4) is 0 Å². The van der Waals surface area contributed by atoms with Gasteiger partial charge in [0.25, 0.3) is 0 Å². The molecule has 0 spiro atoms. The second-order valence-corrected chi connectivity index (χ2v) is 6.17. The van der Waals surface area contributed by atoms with Crippen LogP contribution in [0.5, 0.6) is 0 Å². The average molecular weight is 244 g/mol. The van der Waals surface area contributed by atoms with Crippen LogP contribution in [0.25, 0.3) is 0 Å². The summed E-state index contributed by atoms with van der Waals surface area (Å²) in [6.07, 6.45) is 0.883. The van der Waals surface area contributed by atoms with Gasteiger partial charge in [0.15, 0.2) is 0 Å². The van der Waals surface area contributed by atoms with Crippen LogP contribution in [-0.4, -0.2) is 13.1 Å². The zero-order valence-electron chi connectivity index (χ0n) is 12.0. The van der Waals surface area contributed by atoms with E-state index in [4.69, 9.17) is 5.26 Å². The van der Waals surface area contributed by atoms with Crippen molar-refractivity contribution >= 4 is 0 Å². The fraction of sp³-hybridized carbons (Fsp3) is 0.562. The lowest BCUT2D eigenvalue weighted by atomic mass is 9.84. The van der Waals surface area contributed by atoms with E-state index in [1.54, 1.807) is 0 Å². The van der Waals surface area contributed by atoms with Crippen molar-refractivity contribution in [1.82, 2.24) is 5.32 Å². The minimum absolute atomic E-state index is 0.123. The highest BCUT2D eigenvalue weighted by Gasteiger charge is 2.21. The summed E-state index contributed by atoms with van der Waals surface area (Å²) in [6, 6.07) is 12.9. The fourth-order valence-electron chi connectivity index (χ4n) is 1.85. The van der Waals surface area contributed by atoms with Gasteiger partial charge in [-0.3, -0.25) is 0 Å². The molecule has 0 aliphatic carbocycles. The van der Waals surface area contributed by atoms with E-state index in [-0.39, 0.29) is 10.8 Å². The summed E-state index contributed by atoms with van der Waals surface area (Å²) < 4.78 is 0. The first kappa shape index (κ1) is 14.7. The summed E-state index contributed by atoms with van der Waals surface area (Å²) >= 11 is 0. The van der Waals surface area contributed by atoms with E-state index in [2.05, 4.69) is 49.5 Å². The van der Waals surface area contributed by atoms with Gasteiger partial charge < -0.3 is 5.32 Å². The van der Waals surface area contributed by atoms with Gasteiger partial charge in [0.05, 0.1) is 11.5 Å². The van der Waals surface area contributed by atoms with Crippen LogP contribution in [0, 0.1) is 16.7 Å². The SMILES string of the molecule is CC(C)(C#N)CCNCC(C)(C)c1ccccc1. The highest BCUT2D eigenvalue weighted by atomic mass is 14.9. The summed E-state index contributed by atoms with van der Waals surface area (Å²) in [5, 5.41) is 12.4. The number of nitriles is 1. The number of benzene rings is 1. The molecule has 2 heteroatoms. The largest absolute Gasteiger partial charge is 0.316 e. The molecule has 1 aromatic carbocycles. The van der Waals surface area contributed by atoms with E-state index in [9.17, 15) is 0 Å². The number of hydrogen-bond acceptors (Lipinski definition) is 2. The maximum Gasteiger partial charge on any atom is 0.0684 e. The molecule has 0 saturated heterocycles. The molecule has 0 radical (unpaired) electrons. The third kappa shape index (κ3) is 4.50. The maximum absolute atomic E-state index is 8.95. The molecule has 18 heavy (non-hydrogen) atoms. The molecule has 0 aromatic heterocycles. The maximum atomic E-state index is 8.95. The van der Waals surface area contributed by atoms with Crippen molar-refractivity contribution in [3.05, 3.63) is 35.9 Å². The predicted molar refractivity (Wildman–Crippen MR) is 76.3 cm³/mol. The van der Waals surface area contributed by atoms with Gasteiger partial charge in [-0.2, -0.15) is 5.26 Å². The predicted octanol–water partition coefficient (Wildman–Crippen LogP) is 3.49. The lowest BCUT2D eigenvalue weighted by Crippen LogP contribution is -2.34. The van der Waals surface area contributed by atoms with Crippen molar-refractivity contribution in [3.63, 3.8) is 0 Å². The highest BCUT2D eigenvalue weighted by molar-refractivity contribution is 5.23. The van der Waals surface area contributed by atoms with Gasteiger partial charge in [0, 0.05) is 12.0 Å². The van der Waals surface area contributed by atoms with E-state index in [0.29, 0.717) is 0 Å². The molecule has 0 fully saturated rings. The quantitative estimate of drug-likeness (QED) is 0.777. The normalized spacial score (nSPS) is 12.2. The Balaban J connectivity index is 2.42. The van der Waals surface area contributed by atoms with Gasteiger partial charge >= 0.3 is 0 Å². The number of nitrogens with one attached hydrogen (secondary N) is 1. The molecule has 0 saturated carbocycles. The van der Waals surface area contributed by atoms with Gasteiger partial charge in [0.1, 0.15) is 0 Å². The Kier molecular flexibility index (Phi) is 4.93. The van der Waals surface area contributed by atoms with Crippen molar-refractivity contribution in [2.24, 2.45) is 5.41 Å². The molecule has 98 valence electrons. The molecule has 0 aliphatic rings. The summed E-state index contributed by atoms with van der Waals surface area (Å²) in [7, 11) is 0. The van der Waals surface area contributed by atoms with Crippen LogP contribution in [0.1, 0.15) is 39.7 Å². The first-order valence-corrected chi connectivity index (χ1v) is 6.55. The van der Waals surface area contributed by atoms with Crippen LogP contribution < -0.4 is 5.32 Å². The molecule has 2 nitrogen and oxygen atoms in total. The summed E-state index contributed by atoms with van der Waals surface area (Å²) in [5.74, 6) is 0. The molecule has 1 aromatic rings. The Labute approximate surface area is 111 Å². The number of nitrogens with zero attached hydrogens (tertiary/aromatic N) is 1. The molecular weight excluding hydrogens is 220 g/mol. The van der Waals surface area contributed by atoms with E-state index >= 15 is 0 Å². The molecule has 1 N–H and O–H groups in total. The van der Waals surface area contributed by atoms with Crippen LogP contribution in [0.15, 0.2) is 30.3 Å². The van der Waals surface area contributed by atoms with Crippen LogP contribution in [-0.2, 0) is 5.41 Å². The van der Waals surface area contributed by atoms with Crippen LogP contribution in [0.2, 0.25) is 0 Å². The number of rotatable bonds is 6. The Bertz CT molecular complexity index is 399. The van der Waals surface area contributed by atoms with Crippen molar-refractivity contribution in [2.45, 2.75) is 39.5 Å². The first-order valence-electron chi connectivity index (χ1n) is 6.55. The lowest BCUT2D eigenvalue weighted by Gasteiger charge is -2.26. The summed E-state index contributed by atoms with van der Waals surface area (Å²) in [6.45, 7) is 10.3. The summed E-state index contributed by atoms with van der Waals surface area (Å²) in [4.78, 5) is 0. The average Bonchev–Trinajstić information content (AvgIpc) is 2.36. The monoisotopic (exact) mass is 244 g/mol. The Hall–Kier alpha value is -1.33. The molecule has 0 bridgehead atoms. The zero-order valence-corrected chi connectivity index (χ0v) is 12.0. The van der Waals surface area contributed by atoms with E-state index in [0.717, 1.165) is 19.5 Å². The van der Waals surface area contributed by atoms with Crippen molar-refractivity contribution in [1.29, 1.82) is 5.26 Å². The third-order valence-corrected chi connectivity index (χ3v) is 3.35. The van der Waals surface area contributed by atoms with Gasteiger partial charge in [-0.1, -0.05) is 44.2 Å². The van der Waals surface area contributed by atoms with Gasteiger partial charge in [-0.05, 0) is 32.4 Å². The van der Waals surface area contributed by atoms with Crippen molar-refractivity contribution < 1.29 is 0 Å². The van der Waals surface area contributed by atoms with Gasteiger partial charge in [-0.15, -0.1) is 0 Å². The second-order valence-electron chi connectivity index (χ2n) is 6.17. The summed E-state index contributed by atoms with van der Waals surface area (Å²) in [5.41, 5.74) is 1.24. The molecule has 1 rings (SSSR count). The Morgan fingerprint density at radius 3 is 2.28 bits per heavy atom. The first-order chi connectivity index (χ1) is 8.37. The van der Waals surface area contributed by atoms with Gasteiger partial charge in [-0.25, -0.2) is 0 Å². The molecule has 0 aliphatic heterocycles. The standard InChI is InChI=1S/C16H24N2/c1-15(2,12-17)10-11-18-13-16(3,4)14-8-6-5-7-9-14/h5-9,18H,10-11,13H2,1-4H3. The van der Waals surface area contributed by atoms with E-state index < -0.39 is 0 Å². The van der Waals surface area contributed by atoms with Crippen LogP contribution >= 0.6 is 0 Å². The lowest BCUT2D eigenvalue weighted by molar-refractivity contribution is 0.403. The van der Waals surface area contributed by atoms with Crippen molar-refractivity contribution in [2.75, 3.05) is 13.1 Å². The fourth-order valence-corrected chi connectivity index (χ4v) is 1.85. The topological polar surface area (TPSA) is 35.8 Å². The minimum Gasteiger partial charge on any atom is -0.316 e. The minimum atomic E-state index is -0.232. The Morgan fingerprint density at radius 2 is 1.72 bits per heavy atom. The molecule has 0 unspecified atom stereocenters. The molecule has 0 heterocycles. The zero-order chi connectivity index (χ0) is 13.6. The molecular formula is C16H24N2. The smallest absolute Gasteiger partial charge is 0.0684 e. The second kappa shape index (κ2) is 6.02. The third-order valence-electron chi connectivity index (χ3n) is 3.35. The van der Waals surface area contributed by atoms with Crippen molar-refractivity contribution in [3.8, 4) is 6.07 Å². The molecule has 0 amide bonds. The van der Waals surface area contributed by atoms with Crippen LogP contribution in [0.4, 0.5) is 0 Å². The van der Waals surface area contributed by atoms with Gasteiger partial charge in [0.2, 0.25) is 0 Å². The number of hydrogen-bond donors (Lipinski definition) is 1. The molecule has 0 atom stereocenters. The van der Waals surface area contributed by atoms with E-state index in [1.165, 1.54) is 5.56 Å². The Morgan fingerprint density at radius 1 is 1.11 bits per heavy atom. The highest BCUT2D eigenvalue weighted by Crippen LogP contribution is 2.22.